The fraction of sp³-hybridized carbons (Fsp3) is 0.789. The highest BCUT2D eigenvalue weighted by Gasteiger charge is 2.52. The quantitative estimate of drug-likeness (QED) is 0.722. The van der Waals surface area contributed by atoms with Gasteiger partial charge in [-0.05, 0) is 19.3 Å². The van der Waals surface area contributed by atoms with Crippen molar-refractivity contribution in [3.8, 4) is 0 Å². The molecule has 1 spiro atoms. The maximum absolute atomic E-state index is 12.6. The molecule has 5 amide bonds. The van der Waals surface area contributed by atoms with Gasteiger partial charge in [0.25, 0.3) is 5.91 Å². The van der Waals surface area contributed by atoms with E-state index in [2.05, 4.69) is 5.32 Å². The molecule has 0 bridgehead atoms. The van der Waals surface area contributed by atoms with Crippen molar-refractivity contribution in [3.63, 3.8) is 0 Å². The highest BCUT2D eigenvalue weighted by molar-refractivity contribution is 6.07. The summed E-state index contributed by atoms with van der Waals surface area (Å²) in [5, 5.41) is 2.86. The SMILES string of the molecule is CC(C)C(=O)N1CCN(C(=O)CCCN2C(=O)NC3(CCCC3)C2=O)CC1. The number of carbonyl (C=O) groups is 4. The van der Waals surface area contributed by atoms with Gasteiger partial charge < -0.3 is 15.1 Å². The molecule has 2 saturated heterocycles. The summed E-state index contributed by atoms with van der Waals surface area (Å²) in [6.45, 7) is 6.27. The minimum absolute atomic E-state index is 0.0225. The first-order valence-electron chi connectivity index (χ1n) is 10.0. The molecule has 0 aromatic heterocycles. The molecule has 27 heavy (non-hydrogen) atoms. The molecule has 1 aliphatic carbocycles. The van der Waals surface area contributed by atoms with Crippen LogP contribution in [0.5, 0.6) is 0 Å². The molecule has 2 heterocycles. The van der Waals surface area contributed by atoms with Gasteiger partial charge in [0.15, 0.2) is 0 Å². The van der Waals surface area contributed by atoms with Gasteiger partial charge in [-0.25, -0.2) is 4.79 Å². The molecule has 2 aliphatic heterocycles. The highest BCUT2D eigenvalue weighted by Crippen LogP contribution is 2.35. The number of rotatable bonds is 5. The molecule has 8 nitrogen and oxygen atoms in total. The maximum Gasteiger partial charge on any atom is 0.325 e. The summed E-state index contributed by atoms with van der Waals surface area (Å²) in [7, 11) is 0. The molecule has 1 saturated carbocycles. The lowest BCUT2D eigenvalue weighted by Gasteiger charge is -2.35. The Kier molecular flexibility index (Phi) is 5.72. The van der Waals surface area contributed by atoms with Gasteiger partial charge in [0.05, 0.1) is 0 Å². The molecule has 3 aliphatic rings. The van der Waals surface area contributed by atoms with E-state index in [4.69, 9.17) is 0 Å². The van der Waals surface area contributed by atoms with E-state index in [0.29, 0.717) is 51.9 Å². The lowest BCUT2D eigenvalue weighted by atomic mass is 9.98. The summed E-state index contributed by atoms with van der Waals surface area (Å²) in [6, 6.07) is -0.324. The van der Waals surface area contributed by atoms with Gasteiger partial charge in [-0.2, -0.15) is 0 Å². The van der Waals surface area contributed by atoms with Crippen molar-refractivity contribution < 1.29 is 19.2 Å². The fourth-order valence-corrected chi connectivity index (χ4v) is 4.28. The van der Waals surface area contributed by atoms with Gasteiger partial charge in [-0.15, -0.1) is 0 Å². The Morgan fingerprint density at radius 1 is 1.04 bits per heavy atom. The minimum Gasteiger partial charge on any atom is -0.339 e. The molecule has 0 radical (unpaired) electrons. The number of hydrogen-bond acceptors (Lipinski definition) is 4. The minimum atomic E-state index is -0.680. The third kappa shape index (κ3) is 3.94. The molecule has 0 atom stereocenters. The fourth-order valence-electron chi connectivity index (χ4n) is 4.28. The van der Waals surface area contributed by atoms with Crippen molar-refractivity contribution in [2.75, 3.05) is 32.7 Å². The zero-order valence-electron chi connectivity index (χ0n) is 16.3. The average molecular weight is 378 g/mol. The van der Waals surface area contributed by atoms with Gasteiger partial charge in [0, 0.05) is 45.1 Å². The Hall–Kier alpha value is -2.12. The van der Waals surface area contributed by atoms with Crippen LogP contribution < -0.4 is 5.32 Å². The van der Waals surface area contributed by atoms with Crippen LogP contribution >= 0.6 is 0 Å². The molecular weight excluding hydrogens is 348 g/mol. The van der Waals surface area contributed by atoms with Gasteiger partial charge in [-0.3, -0.25) is 19.3 Å². The van der Waals surface area contributed by atoms with Crippen LogP contribution in [0.2, 0.25) is 0 Å². The van der Waals surface area contributed by atoms with Gasteiger partial charge >= 0.3 is 6.03 Å². The predicted molar refractivity (Wildman–Crippen MR) is 98.7 cm³/mol. The van der Waals surface area contributed by atoms with Crippen LogP contribution in [0.3, 0.4) is 0 Å². The third-order valence-corrected chi connectivity index (χ3v) is 5.91. The lowest BCUT2D eigenvalue weighted by molar-refractivity contribution is -0.141. The summed E-state index contributed by atoms with van der Waals surface area (Å²) in [4.78, 5) is 54.0. The first-order valence-corrected chi connectivity index (χ1v) is 10.0. The topological polar surface area (TPSA) is 90.0 Å². The molecule has 0 unspecified atom stereocenters. The number of hydrogen-bond donors (Lipinski definition) is 1. The molecular formula is C19H30N4O4. The van der Waals surface area contributed by atoms with E-state index in [9.17, 15) is 19.2 Å². The van der Waals surface area contributed by atoms with Crippen LogP contribution in [0.1, 0.15) is 52.4 Å². The van der Waals surface area contributed by atoms with E-state index >= 15 is 0 Å². The van der Waals surface area contributed by atoms with E-state index in [1.807, 2.05) is 18.7 Å². The molecule has 0 aromatic carbocycles. The van der Waals surface area contributed by atoms with Crippen molar-refractivity contribution in [3.05, 3.63) is 0 Å². The summed E-state index contributed by atoms with van der Waals surface area (Å²) in [5.74, 6) is -0.00593. The van der Waals surface area contributed by atoms with Crippen molar-refractivity contribution in [1.29, 1.82) is 0 Å². The van der Waals surface area contributed by atoms with Crippen LogP contribution in [0.4, 0.5) is 4.79 Å². The molecule has 1 N–H and O–H groups in total. The monoisotopic (exact) mass is 378 g/mol. The van der Waals surface area contributed by atoms with Gasteiger partial charge in [0.1, 0.15) is 5.54 Å². The van der Waals surface area contributed by atoms with E-state index in [-0.39, 0.29) is 36.2 Å². The van der Waals surface area contributed by atoms with E-state index in [1.165, 1.54) is 4.90 Å². The summed E-state index contributed by atoms with van der Waals surface area (Å²) >= 11 is 0. The predicted octanol–water partition coefficient (Wildman–Crippen LogP) is 0.958. The van der Waals surface area contributed by atoms with Crippen LogP contribution in [0, 0.1) is 5.92 Å². The van der Waals surface area contributed by atoms with E-state index in [0.717, 1.165) is 12.8 Å². The number of imide groups is 1. The normalized spacial score (nSPS) is 22.1. The van der Waals surface area contributed by atoms with Crippen LogP contribution in [-0.2, 0) is 14.4 Å². The largest absolute Gasteiger partial charge is 0.339 e. The van der Waals surface area contributed by atoms with Crippen LogP contribution in [-0.4, -0.2) is 76.7 Å². The first kappa shape index (κ1) is 19.6. The number of carbonyl (C=O) groups excluding carboxylic acids is 4. The van der Waals surface area contributed by atoms with Gasteiger partial charge in [-0.1, -0.05) is 26.7 Å². The van der Waals surface area contributed by atoms with Crippen molar-refractivity contribution in [2.24, 2.45) is 5.92 Å². The lowest BCUT2D eigenvalue weighted by Crippen LogP contribution is -2.51. The number of piperazine rings is 1. The standard InChI is InChI=1S/C19H30N4O4/c1-14(2)16(25)22-12-10-21(11-13-22)15(24)6-5-9-23-17(26)19(20-18(23)27)7-3-4-8-19/h14H,3-13H2,1-2H3,(H,20,27). The summed E-state index contributed by atoms with van der Waals surface area (Å²) in [5.41, 5.74) is -0.680. The second-order valence-corrected chi connectivity index (χ2v) is 8.14. The Bertz CT molecular complexity index is 619. The van der Waals surface area contributed by atoms with E-state index < -0.39 is 5.54 Å². The molecule has 8 heteroatoms. The molecule has 3 fully saturated rings. The zero-order chi connectivity index (χ0) is 19.6. The second kappa shape index (κ2) is 7.86. The smallest absolute Gasteiger partial charge is 0.325 e. The van der Waals surface area contributed by atoms with Gasteiger partial charge in [0.2, 0.25) is 11.8 Å². The third-order valence-electron chi connectivity index (χ3n) is 5.91. The average Bonchev–Trinajstić information content (AvgIpc) is 3.21. The highest BCUT2D eigenvalue weighted by atomic mass is 16.2. The number of urea groups is 1. The Morgan fingerprint density at radius 2 is 1.63 bits per heavy atom. The summed E-state index contributed by atoms with van der Waals surface area (Å²) < 4.78 is 0. The molecule has 150 valence electrons. The molecule has 0 aromatic rings. The van der Waals surface area contributed by atoms with Crippen LogP contribution in [0.25, 0.3) is 0 Å². The number of nitrogens with zero attached hydrogens (tertiary/aromatic N) is 3. The summed E-state index contributed by atoms with van der Waals surface area (Å²) in [6.07, 6.45) is 4.13. The van der Waals surface area contributed by atoms with Crippen molar-refractivity contribution >= 4 is 23.8 Å². The van der Waals surface area contributed by atoms with Crippen LogP contribution in [0.15, 0.2) is 0 Å². The Morgan fingerprint density at radius 3 is 2.22 bits per heavy atom. The Labute approximate surface area is 160 Å². The zero-order valence-corrected chi connectivity index (χ0v) is 16.3. The molecule has 3 rings (SSSR count). The van der Waals surface area contributed by atoms with Crippen molar-refractivity contribution in [1.82, 2.24) is 20.0 Å². The second-order valence-electron chi connectivity index (χ2n) is 8.14. The number of nitrogens with one attached hydrogen (secondary N) is 1. The van der Waals surface area contributed by atoms with E-state index in [1.54, 1.807) is 4.90 Å². The van der Waals surface area contributed by atoms with Crippen molar-refractivity contribution in [2.45, 2.75) is 57.9 Å². The number of amides is 5. The first-order chi connectivity index (χ1) is 12.8. The maximum atomic E-state index is 12.6. The Balaban J connectivity index is 1.42.